The molecule has 2 atom stereocenters. The summed E-state index contributed by atoms with van der Waals surface area (Å²) in [6.45, 7) is 1.19. The van der Waals surface area contributed by atoms with Crippen molar-refractivity contribution in [1.29, 1.82) is 0 Å². The summed E-state index contributed by atoms with van der Waals surface area (Å²) >= 11 is 0. The molecule has 0 aliphatic carbocycles. The van der Waals surface area contributed by atoms with Crippen LogP contribution >= 0.6 is 0 Å². The number of nitrogens with one attached hydrogen (secondary N) is 2. The first-order valence-electron chi connectivity index (χ1n) is 5.78. The average Bonchev–Trinajstić information content (AvgIpc) is 2.82. The van der Waals surface area contributed by atoms with Crippen molar-refractivity contribution in [2.24, 2.45) is 0 Å². The first-order chi connectivity index (χ1) is 8.17. The van der Waals surface area contributed by atoms with Gasteiger partial charge in [-0.1, -0.05) is 0 Å². The number of carbonyl (C=O) groups excluding carboxylic acids is 2. The zero-order chi connectivity index (χ0) is 12.7. The summed E-state index contributed by atoms with van der Waals surface area (Å²) in [6.07, 6.45) is 1.73. The van der Waals surface area contributed by atoms with E-state index in [1.807, 2.05) is 0 Å². The number of carbonyl (C=O) groups is 2. The SMILES string of the molecule is COC(=O)CCCNC(=O)C1CC(OC)CN1. The van der Waals surface area contributed by atoms with Crippen LogP contribution in [0.4, 0.5) is 0 Å². The molecule has 17 heavy (non-hydrogen) atoms. The van der Waals surface area contributed by atoms with E-state index in [9.17, 15) is 9.59 Å². The normalized spacial score (nSPS) is 23.4. The maximum atomic E-state index is 11.7. The Morgan fingerprint density at radius 3 is 2.76 bits per heavy atom. The van der Waals surface area contributed by atoms with Gasteiger partial charge in [0.2, 0.25) is 5.91 Å². The Hall–Kier alpha value is -1.14. The van der Waals surface area contributed by atoms with E-state index < -0.39 is 0 Å². The van der Waals surface area contributed by atoms with E-state index in [0.29, 0.717) is 32.4 Å². The second kappa shape index (κ2) is 7.24. The fourth-order valence-corrected chi connectivity index (χ4v) is 1.75. The van der Waals surface area contributed by atoms with Crippen molar-refractivity contribution in [2.75, 3.05) is 27.3 Å². The van der Waals surface area contributed by atoms with Crippen molar-refractivity contribution in [2.45, 2.75) is 31.4 Å². The number of esters is 1. The topological polar surface area (TPSA) is 76.7 Å². The van der Waals surface area contributed by atoms with Gasteiger partial charge in [-0.2, -0.15) is 0 Å². The molecule has 1 aliphatic heterocycles. The minimum absolute atomic E-state index is 0.0329. The van der Waals surface area contributed by atoms with E-state index in [4.69, 9.17) is 4.74 Å². The van der Waals surface area contributed by atoms with Gasteiger partial charge < -0.3 is 20.1 Å². The summed E-state index contributed by atoms with van der Waals surface area (Å²) < 4.78 is 9.66. The second-order valence-electron chi connectivity index (χ2n) is 4.02. The van der Waals surface area contributed by atoms with Crippen LogP contribution in [0, 0.1) is 0 Å². The molecule has 1 fully saturated rings. The third-order valence-electron chi connectivity index (χ3n) is 2.82. The molecule has 2 N–H and O–H groups in total. The second-order valence-corrected chi connectivity index (χ2v) is 4.02. The molecular formula is C11H20N2O4. The minimum atomic E-state index is -0.252. The predicted molar refractivity (Wildman–Crippen MR) is 61.5 cm³/mol. The number of rotatable bonds is 6. The molecule has 0 aromatic carbocycles. The van der Waals surface area contributed by atoms with E-state index in [1.54, 1.807) is 7.11 Å². The third kappa shape index (κ3) is 4.70. The highest BCUT2D eigenvalue weighted by Gasteiger charge is 2.28. The Bertz CT molecular complexity index is 270. The summed E-state index contributed by atoms with van der Waals surface area (Å²) in [5.74, 6) is -0.285. The Labute approximate surface area is 101 Å². The Morgan fingerprint density at radius 2 is 2.18 bits per heavy atom. The lowest BCUT2D eigenvalue weighted by molar-refractivity contribution is -0.140. The molecule has 2 unspecified atom stereocenters. The van der Waals surface area contributed by atoms with Gasteiger partial charge in [0.05, 0.1) is 19.3 Å². The molecule has 0 aromatic heterocycles. The van der Waals surface area contributed by atoms with Gasteiger partial charge in [0.15, 0.2) is 0 Å². The largest absolute Gasteiger partial charge is 0.469 e. The molecule has 6 heteroatoms. The lowest BCUT2D eigenvalue weighted by Crippen LogP contribution is -2.40. The first-order valence-corrected chi connectivity index (χ1v) is 5.78. The summed E-state index contributed by atoms with van der Waals surface area (Å²) in [7, 11) is 3.00. The fourth-order valence-electron chi connectivity index (χ4n) is 1.75. The van der Waals surface area contributed by atoms with E-state index in [0.717, 1.165) is 0 Å². The molecule has 0 spiro atoms. The molecule has 1 amide bonds. The van der Waals surface area contributed by atoms with Crippen molar-refractivity contribution in [1.82, 2.24) is 10.6 Å². The van der Waals surface area contributed by atoms with Crippen LogP contribution in [0.3, 0.4) is 0 Å². The van der Waals surface area contributed by atoms with Crippen molar-refractivity contribution >= 4 is 11.9 Å². The van der Waals surface area contributed by atoms with Crippen LogP contribution in [0.2, 0.25) is 0 Å². The summed E-state index contributed by atoms with van der Waals surface area (Å²) in [6, 6.07) is -0.182. The molecule has 1 saturated heterocycles. The van der Waals surface area contributed by atoms with Gasteiger partial charge in [0.1, 0.15) is 0 Å². The maximum Gasteiger partial charge on any atom is 0.305 e. The fraction of sp³-hybridized carbons (Fsp3) is 0.818. The molecule has 0 radical (unpaired) electrons. The van der Waals surface area contributed by atoms with Crippen molar-refractivity contribution in [3.8, 4) is 0 Å². The number of ether oxygens (including phenoxy) is 2. The van der Waals surface area contributed by atoms with E-state index in [-0.39, 0.29) is 24.0 Å². The highest BCUT2D eigenvalue weighted by molar-refractivity contribution is 5.82. The van der Waals surface area contributed by atoms with E-state index >= 15 is 0 Å². The number of hydrogen-bond donors (Lipinski definition) is 2. The Morgan fingerprint density at radius 1 is 1.41 bits per heavy atom. The van der Waals surface area contributed by atoms with Crippen LogP contribution < -0.4 is 10.6 Å². The number of hydrogen-bond acceptors (Lipinski definition) is 5. The molecule has 98 valence electrons. The molecular weight excluding hydrogens is 224 g/mol. The van der Waals surface area contributed by atoms with Crippen LogP contribution in [-0.2, 0) is 19.1 Å². The van der Waals surface area contributed by atoms with Crippen molar-refractivity contribution < 1.29 is 19.1 Å². The zero-order valence-corrected chi connectivity index (χ0v) is 10.3. The van der Waals surface area contributed by atoms with Gasteiger partial charge in [-0.15, -0.1) is 0 Å². The van der Waals surface area contributed by atoms with Gasteiger partial charge >= 0.3 is 5.97 Å². The monoisotopic (exact) mass is 244 g/mol. The Kier molecular flexibility index (Phi) is 5.93. The van der Waals surface area contributed by atoms with Crippen LogP contribution in [0.1, 0.15) is 19.3 Å². The van der Waals surface area contributed by atoms with Gasteiger partial charge in [0.25, 0.3) is 0 Å². The first kappa shape index (κ1) is 13.9. The Balaban J connectivity index is 2.11. The van der Waals surface area contributed by atoms with Gasteiger partial charge in [-0.25, -0.2) is 0 Å². The standard InChI is InChI=1S/C11H20N2O4/c1-16-8-6-9(13-7-8)11(15)12-5-3-4-10(14)17-2/h8-9,13H,3-7H2,1-2H3,(H,12,15). The molecule has 1 heterocycles. The van der Waals surface area contributed by atoms with Crippen molar-refractivity contribution in [3.63, 3.8) is 0 Å². The van der Waals surface area contributed by atoms with Crippen LogP contribution in [0.25, 0.3) is 0 Å². The maximum absolute atomic E-state index is 11.7. The molecule has 6 nitrogen and oxygen atoms in total. The summed E-state index contributed by atoms with van der Waals surface area (Å²) in [5.41, 5.74) is 0. The highest BCUT2D eigenvalue weighted by Crippen LogP contribution is 2.09. The molecule has 0 saturated carbocycles. The van der Waals surface area contributed by atoms with Crippen molar-refractivity contribution in [3.05, 3.63) is 0 Å². The summed E-state index contributed by atoms with van der Waals surface area (Å²) in [4.78, 5) is 22.5. The van der Waals surface area contributed by atoms with Gasteiger partial charge in [0, 0.05) is 26.6 Å². The highest BCUT2D eigenvalue weighted by atomic mass is 16.5. The number of amides is 1. The number of methoxy groups -OCH3 is 2. The lowest BCUT2D eigenvalue weighted by Gasteiger charge is -2.10. The molecule has 0 aromatic rings. The smallest absolute Gasteiger partial charge is 0.305 e. The molecule has 1 aliphatic rings. The molecule has 0 bridgehead atoms. The summed E-state index contributed by atoms with van der Waals surface area (Å²) in [5, 5.41) is 5.87. The molecule has 1 rings (SSSR count). The minimum Gasteiger partial charge on any atom is -0.469 e. The van der Waals surface area contributed by atoms with Crippen LogP contribution in [0.5, 0.6) is 0 Å². The van der Waals surface area contributed by atoms with Crippen LogP contribution in [-0.4, -0.2) is 51.3 Å². The quantitative estimate of drug-likeness (QED) is 0.483. The zero-order valence-electron chi connectivity index (χ0n) is 10.3. The predicted octanol–water partition coefficient (Wildman–Crippen LogP) is -0.567. The van der Waals surface area contributed by atoms with Gasteiger partial charge in [-0.3, -0.25) is 9.59 Å². The lowest BCUT2D eigenvalue weighted by atomic mass is 10.2. The third-order valence-corrected chi connectivity index (χ3v) is 2.82. The average molecular weight is 244 g/mol. The van der Waals surface area contributed by atoms with Crippen LogP contribution in [0.15, 0.2) is 0 Å². The van der Waals surface area contributed by atoms with Gasteiger partial charge in [-0.05, 0) is 12.8 Å². The van der Waals surface area contributed by atoms with E-state index in [2.05, 4.69) is 15.4 Å². The van der Waals surface area contributed by atoms with E-state index in [1.165, 1.54) is 7.11 Å².